The van der Waals surface area contributed by atoms with Gasteiger partial charge in [-0.1, -0.05) is 116 Å². The van der Waals surface area contributed by atoms with Gasteiger partial charge in [-0.3, -0.25) is 4.79 Å². The Morgan fingerprint density at radius 3 is 1.68 bits per heavy atom. The van der Waals surface area contributed by atoms with Crippen molar-refractivity contribution in [2.45, 2.75) is 146 Å². The van der Waals surface area contributed by atoms with Crippen molar-refractivity contribution in [3.8, 4) is 0 Å². The summed E-state index contributed by atoms with van der Waals surface area (Å²) in [5.41, 5.74) is 0. The zero-order valence-electron chi connectivity index (χ0n) is 21.6. The van der Waals surface area contributed by atoms with E-state index in [4.69, 9.17) is 0 Å². The quantitative estimate of drug-likeness (QED) is 0.149. The predicted molar refractivity (Wildman–Crippen MR) is 144 cm³/mol. The van der Waals surface area contributed by atoms with Gasteiger partial charge in [-0.05, 0) is 24.8 Å². The van der Waals surface area contributed by atoms with Gasteiger partial charge in [-0.2, -0.15) is 4.72 Å². The Morgan fingerprint density at radius 1 is 0.853 bits per heavy atom. The second kappa shape index (κ2) is 19.4. The summed E-state index contributed by atoms with van der Waals surface area (Å²) < 4.78 is 27.3. The molecule has 5 nitrogen and oxygen atoms in total. The first-order valence-corrected chi connectivity index (χ1v) is 16.0. The second-order valence-corrected chi connectivity index (χ2v) is 12.5. The molecule has 0 amide bonds. The van der Waals surface area contributed by atoms with Crippen molar-refractivity contribution in [2.75, 3.05) is 0 Å². The molecule has 0 aliphatic carbocycles. The third kappa shape index (κ3) is 14.6. The van der Waals surface area contributed by atoms with E-state index in [1.54, 1.807) is 11.4 Å². The summed E-state index contributed by atoms with van der Waals surface area (Å²) in [6, 6.07) is 2.05. The molecule has 0 saturated heterocycles. The largest absolute Gasteiger partial charge is 0.391 e. The normalized spacial score (nSPS) is 13.7. The lowest BCUT2D eigenvalue weighted by Gasteiger charge is -2.19. The van der Waals surface area contributed by atoms with E-state index >= 15 is 0 Å². The number of ketones is 1. The fourth-order valence-corrected chi connectivity index (χ4v) is 6.56. The number of rotatable bonds is 23. The van der Waals surface area contributed by atoms with E-state index in [2.05, 4.69) is 11.6 Å². The number of aliphatic hydroxyl groups is 1. The van der Waals surface area contributed by atoms with Crippen LogP contribution < -0.4 is 4.72 Å². The van der Waals surface area contributed by atoms with Crippen molar-refractivity contribution in [3.63, 3.8) is 0 Å². The first-order valence-electron chi connectivity index (χ1n) is 13.6. The molecule has 0 aromatic carbocycles. The number of unbranched alkanes of at least 4 members (excludes halogenated alkanes) is 16. The zero-order valence-corrected chi connectivity index (χ0v) is 23.2. The van der Waals surface area contributed by atoms with E-state index < -0.39 is 22.2 Å². The number of aliphatic hydroxyl groups excluding tert-OH is 1. The SMILES string of the molecule is CCCCCCCCCCCCCCCCCCCC(=O)[C@@H](NS(=O)(=O)c1cccs1)[C@@H](C)O. The fraction of sp³-hybridized carbons (Fsp3) is 0.815. The lowest BCUT2D eigenvalue weighted by molar-refractivity contribution is -0.123. The number of carbonyl (C=O) groups excluding carboxylic acids is 1. The molecule has 2 atom stereocenters. The van der Waals surface area contributed by atoms with E-state index in [0.29, 0.717) is 6.42 Å². The highest BCUT2D eigenvalue weighted by molar-refractivity contribution is 7.91. The Balaban J connectivity index is 2.01. The summed E-state index contributed by atoms with van der Waals surface area (Å²) in [5, 5.41) is 11.6. The van der Waals surface area contributed by atoms with Crippen molar-refractivity contribution in [1.29, 1.82) is 0 Å². The summed E-state index contributed by atoms with van der Waals surface area (Å²) >= 11 is 1.09. The Bertz CT molecular complexity index is 717. The lowest BCUT2D eigenvalue weighted by Crippen LogP contribution is -2.47. The number of sulfonamides is 1. The van der Waals surface area contributed by atoms with Crippen LogP contribution in [-0.4, -0.2) is 31.5 Å². The monoisotopic (exact) mass is 515 g/mol. The van der Waals surface area contributed by atoms with Crippen molar-refractivity contribution in [1.82, 2.24) is 4.72 Å². The smallest absolute Gasteiger partial charge is 0.250 e. The number of hydrogen-bond donors (Lipinski definition) is 2. The molecule has 0 spiro atoms. The van der Waals surface area contributed by atoms with Gasteiger partial charge in [0, 0.05) is 6.42 Å². The van der Waals surface area contributed by atoms with Crippen molar-refractivity contribution >= 4 is 27.1 Å². The average Bonchev–Trinajstić information content (AvgIpc) is 3.35. The molecule has 0 radical (unpaired) electrons. The Morgan fingerprint density at radius 2 is 1.29 bits per heavy atom. The van der Waals surface area contributed by atoms with Gasteiger partial charge in [-0.15, -0.1) is 11.3 Å². The fourth-order valence-electron chi connectivity index (χ4n) is 4.25. The maximum Gasteiger partial charge on any atom is 0.250 e. The van der Waals surface area contributed by atoms with Gasteiger partial charge in [0.2, 0.25) is 0 Å². The van der Waals surface area contributed by atoms with Gasteiger partial charge in [0.05, 0.1) is 6.10 Å². The predicted octanol–water partition coefficient (Wildman–Crippen LogP) is 7.39. The molecule has 198 valence electrons. The van der Waals surface area contributed by atoms with E-state index in [1.807, 2.05) is 0 Å². The number of carbonyl (C=O) groups is 1. The zero-order chi connectivity index (χ0) is 25.1. The van der Waals surface area contributed by atoms with Crippen molar-refractivity contribution in [3.05, 3.63) is 17.5 Å². The summed E-state index contributed by atoms with van der Waals surface area (Å²) in [7, 11) is -3.78. The Labute approximate surface area is 213 Å². The molecule has 0 fully saturated rings. The highest BCUT2D eigenvalue weighted by Gasteiger charge is 2.29. The van der Waals surface area contributed by atoms with Crippen LogP contribution >= 0.6 is 11.3 Å². The maximum absolute atomic E-state index is 12.5. The molecule has 1 aromatic heterocycles. The molecule has 0 unspecified atom stereocenters. The standard InChI is InChI=1S/C27H49NO4S2/c1-3-4-5-6-7-8-9-10-11-12-13-14-15-16-17-18-19-21-25(30)27(24(2)29)28-34(31,32)26-22-20-23-33-26/h20,22-24,27-29H,3-19,21H2,1-2H3/t24-,27+/m1/s1. The minimum absolute atomic E-state index is 0.156. The maximum atomic E-state index is 12.5. The third-order valence-electron chi connectivity index (χ3n) is 6.40. The van der Waals surface area contributed by atoms with E-state index in [9.17, 15) is 18.3 Å². The number of nitrogens with one attached hydrogen (secondary N) is 1. The molecule has 1 rings (SSSR count). The van der Waals surface area contributed by atoms with Gasteiger partial charge in [0.1, 0.15) is 10.3 Å². The highest BCUT2D eigenvalue weighted by atomic mass is 32.2. The summed E-state index contributed by atoms with van der Waals surface area (Å²) in [6.45, 7) is 3.72. The van der Waals surface area contributed by atoms with Crippen LogP contribution in [0, 0.1) is 0 Å². The summed E-state index contributed by atoms with van der Waals surface area (Å²) in [5.74, 6) is -0.240. The molecule has 0 saturated carbocycles. The number of Topliss-reactive ketones (excluding diaryl/α,β-unsaturated/α-hetero) is 1. The van der Waals surface area contributed by atoms with Crippen LogP contribution in [0.25, 0.3) is 0 Å². The summed E-state index contributed by atoms with van der Waals surface area (Å²) in [6.07, 6.45) is 21.0. The number of hydrogen-bond acceptors (Lipinski definition) is 5. The van der Waals surface area contributed by atoms with Gasteiger partial charge in [0.15, 0.2) is 5.78 Å². The van der Waals surface area contributed by atoms with Crippen LogP contribution in [0.5, 0.6) is 0 Å². The van der Waals surface area contributed by atoms with Crippen LogP contribution in [0.2, 0.25) is 0 Å². The highest BCUT2D eigenvalue weighted by Crippen LogP contribution is 2.18. The molecular formula is C27H49NO4S2. The van der Waals surface area contributed by atoms with Crippen molar-refractivity contribution in [2.24, 2.45) is 0 Å². The average molecular weight is 516 g/mol. The van der Waals surface area contributed by atoms with E-state index in [-0.39, 0.29) is 9.99 Å². The van der Waals surface area contributed by atoms with Gasteiger partial charge in [-0.25, -0.2) is 8.42 Å². The van der Waals surface area contributed by atoms with E-state index in [1.165, 1.54) is 103 Å². The molecule has 34 heavy (non-hydrogen) atoms. The minimum Gasteiger partial charge on any atom is -0.391 e. The first-order chi connectivity index (χ1) is 16.4. The third-order valence-corrected chi connectivity index (χ3v) is 9.24. The van der Waals surface area contributed by atoms with E-state index in [0.717, 1.165) is 30.6 Å². The lowest BCUT2D eigenvalue weighted by atomic mass is 10.0. The summed E-state index contributed by atoms with van der Waals surface area (Å²) in [4.78, 5) is 12.5. The van der Waals surface area contributed by atoms with Gasteiger partial charge in [0.25, 0.3) is 10.0 Å². The van der Waals surface area contributed by atoms with Crippen LogP contribution in [0.1, 0.15) is 129 Å². The molecule has 1 aromatic rings. The van der Waals surface area contributed by atoms with Gasteiger partial charge < -0.3 is 5.11 Å². The minimum atomic E-state index is -3.78. The first kappa shape index (κ1) is 31.3. The molecule has 2 N–H and O–H groups in total. The molecule has 0 aliphatic rings. The van der Waals surface area contributed by atoms with Crippen LogP contribution in [0.15, 0.2) is 21.7 Å². The molecule has 1 heterocycles. The second-order valence-electron chi connectivity index (χ2n) is 9.64. The molecule has 0 aliphatic heterocycles. The molecular weight excluding hydrogens is 466 g/mol. The number of thiophene rings is 1. The molecule has 0 bridgehead atoms. The molecule has 7 heteroatoms. The topological polar surface area (TPSA) is 83.5 Å². The van der Waals surface area contributed by atoms with Gasteiger partial charge >= 0.3 is 0 Å². The van der Waals surface area contributed by atoms with Crippen LogP contribution in [-0.2, 0) is 14.8 Å². The Kier molecular flexibility index (Phi) is 17.9. The Hall–Kier alpha value is -0.760. The van der Waals surface area contributed by atoms with Crippen molar-refractivity contribution < 1.29 is 18.3 Å². The van der Waals surface area contributed by atoms with Crippen LogP contribution in [0.3, 0.4) is 0 Å². The van der Waals surface area contributed by atoms with Crippen LogP contribution in [0.4, 0.5) is 0 Å².